The Labute approximate surface area is 119 Å². The minimum atomic E-state index is -0.138. The van der Waals surface area contributed by atoms with E-state index in [0.717, 1.165) is 12.0 Å². The summed E-state index contributed by atoms with van der Waals surface area (Å²) >= 11 is 4.87. The molecule has 0 fully saturated rings. The summed E-state index contributed by atoms with van der Waals surface area (Å²) in [5, 5.41) is 2.92. The number of carbonyl (C=O) groups is 1. The van der Waals surface area contributed by atoms with Crippen LogP contribution in [0.4, 0.5) is 0 Å². The van der Waals surface area contributed by atoms with Gasteiger partial charge in [-0.1, -0.05) is 25.2 Å². The molecule has 104 valence electrons. The van der Waals surface area contributed by atoms with Crippen LogP contribution in [0, 0.1) is 6.92 Å². The van der Waals surface area contributed by atoms with Crippen molar-refractivity contribution in [2.45, 2.75) is 32.7 Å². The Morgan fingerprint density at radius 1 is 1.53 bits per heavy atom. The molecule has 0 saturated carbocycles. The van der Waals surface area contributed by atoms with E-state index in [1.54, 1.807) is 19.2 Å². The van der Waals surface area contributed by atoms with Gasteiger partial charge in [-0.3, -0.25) is 4.79 Å². The highest BCUT2D eigenvalue weighted by atomic mass is 32.1. The number of methoxy groups -OCH3 is 1. The zero-order valence-corrected chi connectivity index (χ0v) is 12.3. The molecule has 1 aromatic carbocycles. The Bertz CT molecular complexity index is 475. The number of ether oxygens (including phenoxy) is 1. The zero-order valence-electron chi connectivity index (χ0n) is 11.5. The zero-order chi connectivity index (χ0) is 14.4. The number of benzene rings is 1. The summed E-state index contributed by atoms with van der Waals surface area (Å²) in [6, 6.07) is 5.35. The van der Waals surface area contributed by atoms with Crippen molar-refractivity contribution in [2.75, 3.05) is 7.11 Å². The second-order valence-electron chi connectivity index (χ2n) is 4.43. The molecule has 0 aliphatic rings. The van der Waals surface area contributed by atoms with Crippen LogP contribution in [-0.2, 0) is 0 Å². The molecule has 1 aromatic rings. The summed E-state index contributed by atoms with van der Waals surface area (Å²) in [5.74, 6) is 0.566. The molecule has 1 unspecified atom stereocenters. The van der Waals surface area contributed by atoms with Crippen LogP contribution < -0.4 is 15.8 Å². The van der Waals surface area contributed by atoms with E-state index in [1.165, 1.54) is 0 Å². The van der Waals surface area contributed by atoms with Gasteiger partial charge in [-0.2, -0.15) is 0 Å². The van der Waals surface area contributed by atoms with Crippen molar-refractivity contribution in [1.82, 2.24) is 5.32 Å². The summed E-state index contributed by atoms with van der Waals surface area (Å²) in [6.45, 7) is 3.92. The average molecular weight is 280 g/mol. The highest BCUT2D eigenvalue weighted by Gasteiger charge is 2.14. The molecular weight excluding hydrogens is 260 g/mol. The van der Waals surface area contributed by atoms with E-state index in [2.05, 4.69) is 5.32 Å². The summed E-state index contributed by atoms with van der Waals surface area (Å²) in [6.07, 6.45) is 1.30. The molecule has 0 radical (unpaired) electrons. The van der Waals surface area contributed by atoms with E-state index in [0.29, 0.717) is 22.7 Å². The minimum Gasteiger partial charge on any atom is -0.496 e. The van der Waals surface area contributed by atoms with Crippen molar-refractivity contribution in [3.8, 4) is 5.75 Å². The fourth-order valence-corrected chi connectivity index (χ4v) is 1.97. The molecular formula is C14H20N2O2S. The van der Waals surface area contributed by atoms with Crippen molar-refractivity contribution in [2.24, 2.45) is 5.73 Å². The third kappa shape index (κ3) is 4.52. The first-order valence-electron chi connectivity index (χ1n) is 6.21. The van der Waals surface area contributed by atoms with Crippen LogP contribution in [0.25, 0.3) is 0 Å². The molecule has 0 aliphatic carbocycles. The Kier molecular flexibility index (Phi) is 5.76. The smallest absolute Gasteiger partial charge is 0.251 e. The lowest BCUT2D eigenvalue weighted by Crippen LogP contribution is -2.37. The maximum atomic E-state index is 12.1. The third-order valence-corrected chi connectivity index (χ3v) is 3.11. The molecule has 1 amide bonds. The molecule has 3 N–H and O–H groups in total. The maximum Gasteiger partial charge on any atom is 0.251 e. The first-order chi connectivity index (χ1) is 8.97. The number of nitrogens with two attached hydrogens (primary N) is 1. The quantitative estimate of drug-likeness (QED) is 0.784. The van der Waals surface area contributed by atoms with Crippen LogP contribution in [0.5, 0.6) is 5.75 Å². The van der Waals surface area contributed by atoms with Gasteiger partial charge in [-0.15, -0.1) is 0 Å². The Morgan fingerprint density at radius 3 is 2.74 bits per heavy atom. The molecule has 0 aliphatic heterocycles. The predicted octanol–water partition coefficient (Wildman–Crippen LogP) is 2.19. The first-order valence-corrected chi connectivity index (χ1v) is 6.62. The molecule has 0 bridgehead atoms. The van der Waals surface area contributed by atoms with Gasteiger partial charge in [0.15, 0.2) is 0 Å². The van der Waals surface area contributed by atoms with Crippen LogP contribution >= 0.6 is 12.2 Å². The molecule has 4 nitrogen and oxygen atoms in total. The van der Waals surface area contributed by atoms with Crippen molar-refractivity contribution in [3.63, 3.8) is 0 Å². The summed E-state index contributed by atoms with van der Waals surface area (Å²) in [7, 11) is 1.59. The van der Waals surface area contributed by atoms with E-state index in [4.69, 9.17) is 22.7 Å². The molecule has 0 spiro atoms. The summed E-state index contributed by atoms with van der Waals surface area (Å²) < 4.78 is 5.21. The normalized spacial score (nSPS) is 11.7. The number of thiocarbonyl (C=S) groups is 1. The third-order valence-electron chi connectivity index (χ3n) is 2.95. The highest BCUT2D eigenvalue weighted by Crippen LogP contribution is 2.19. The minimum absolute atomic E-state index is 0.0303. The lowest BCUT2D eigenvalue weighted by Gasteiger charge is -2.16. The largest absolute Gasteiger partial charge is 0.496 e. The Hall–Kier alpha value is -1.62. The molecule has 5 heteroatoms. The van der Waals surface area contributed by atoms with Crippen LogP contribution in [0.1, 0.15) is 35.7 Å². The van der Waals surface area contributed by atoms with E-state index in [9.17, 15) is 4.79 Å². The van der Waals surface area contributed by atoms with Crippen molar-refractivity contribution >= 4 is 23.1 Å². The molecule has 0 aromatic heterocycles. The average Bonchev–Trinajstić information content (AvgIpc) is 2.37. The SMILES string of the molecule is CCC(CC(N)=S)NC(=O)c1ccc(C)c(OC)c1. The standard InChI is InChI=1S/C14H20N2O2S/c1-4-11(8-13(15)19)16-14(17)10-6-5-9(2)12(7-10)18-3/h5-7,11H,4,8H2,1-3H3,(H2,15,19)(H,16,17). The molecule has 1 atom stereocenters. The second kappa shape index (κ2) is 7.09. The topological polar surface area (TPSA) is 64.3 Å². The van der Waals surface area contributed by atoms with Crippen molar-refractivity contribution < 1.29 is 9.53 Å². The number of carbonyl (C=O) groups excluding carboxylic acids is 1. The first kappa shape index (κ1) is 15.4. The number of hydrogen-bond donors (Lipinski definition) is 2. The Morgan fingerprint density at radius 2 is 2.21 bits per heavy atom. The number of rotatable bonds is 6. The molecule has 1 rings (SSSR count). The molecule has 0 saturated heterocycles. The van der Waals surface area contributed by atoms with E-state index >= 15 is 0 Å². The number of hydrogen-bond acceptors (Lipinski definition) is 3. The van der Waals surface area contributed by atoms with E-state index in [1.807, 2.05) is 19.9 Å². The van der Waals surface area contributed by atoms with Gasteiger partial charge in [0.2, 0.25) is 0 Å². The van der Waals surface area contributed by atoms with Crippen molar-refractivity contribution in [1.29, 1.82) is 0 Å². The predicted molar refractivity (Wildman–Crippen MR) is 80.7 cm³/mol. The van der Waals surface area contributed by atoms with Gasteiger partial charge < -0.3 is 15.8 Å². The summed E-state index contributed by atoms with van der Waals surface area (Å²) in [4.78, 5) is 12.5. The van der Waals surface area contributed by atoms with E-state index < -0.39 is 0 Å². The lowest BCUT2D eigenvalue weighted by atomic mass is 10.1. The van der Waals surface area contributed by atoms with Crippen LogP contribution in [0.15, 0.2) is 18.2 Å². The van der Waals surface area contributed by atoms with Crippen LogP contribution in [-0.4, -0.2) is 24.0 Å². The van der Waals surface area contributed by atoms with Crippen LogP contribution in [0.2, 0.25) is 0 Å². The maximum absolute atomic E-state index is 12.1. The fourth-order valence-electron chi connectivity index (χ4n) is 1.77. The highest BCUT2D eigenvalue weighted by molar-refractivity contribution is 7.80. The van der Waals surface area contributed by atoms with Gasteiger partial charge in [0.25, 0.3) is 5.91 Å². The van der Waals surface area contributed by atoms with Gasteiger partial charge in [-0.05, 0) is 31.0 Å². The Balaban J connectivity index is 2.79. The molecule has 19 heavy (non-hydrogen) atoms. The number of aryl methyl sites for hydroxylation is 1. The summed E-state index contributed by atoms with van der Waals surface area (Å²) in [5.41, 5.74) is 7.08. The van der Waals surface area contributed by atoms with Gasteiger partial charge >= 0.3 is 0 Å². The van der Waals surface area contributed by atoms with Gasteiger partial charge in [0, 0.05) is 18.0 Å². The monoisotopic (exact) mass is 280 g/mol. The lowest BCUT2D eigenvalue weighted by molar-refractivity contribution is 0.0937. The van der Waals surface area contributed by atoms with Crippen LogP contribution in [0.3, 0.4) is 0 Å². The number of nitrogens with one attached hydrogen (secondary N) is 1. The van der Waals surface area contributed by atoms with Gasteiger partial charge in [0.1, 0.15) is 5.75 Å². The van der Waals surface area contributed by atoms with Gasteiger partial charge in [0.05, 0.1) is 12.1 Å². The fraction of sp³-hybridized carbons (Fsp3) is 0.429. The van der Waals surface area contributed by atoms with E-state index in [-0.39, 0.29) is 11.9 Å². The second-order valence-corrected chi connectivity index (χ2v) is 4.96. The molecule has 0 heterocycles. The number of amides is 1. The van der Waals surface area contributed by atoms with Gasteiger partial charge in [-0.25, -0.2) is 0 Å². The van der Waals surface area contributed by atoms with Crippen molar-refractivity contribution in [3.05, 3.63) is 29.3 Å².